The predicted molar refractivity (Wildman–Crippen MR) is 69.7 cm³/mol. The van der Waals surface area contributed by atoms with E-state index in [1.165, 1.54) is 26.8 Å². The molecule has 0 radical (unpaired) electrons. The van der Waals surface area contributed by atoms with E-state index in [9.17, 15) is 14.7 Å². The highest BCUT2D eigenvalue weighted by atomic mass is 16.5. The van der Waals surface area contributed by atoms with E-state index < -0.39 is 17.3 Å². The molecule has 2 N–H and O–H groups in total. The molecular weight excluding hydrogens is 246 g/mol. The second kappa shape index (κ2) is 5.12. The molecule has 5 nitrogen and oxygen atoms in total. The van der Waals surface area contributed by atoms with E-state index in [2.05, 4.69) is 5.32 Å². The van der Waals surface area contributed by atoms with E-state index in [1.807, 2.05) is 0 Å². The van der Waals surface area contributed by atoms with Crippen molar-refractivity contribution in [3.8, 4) is 0 Å². The Morgan fingerprint density at radius 3 is 2.53 bits per heavy atom. The van der Waals surface area contributed by atoms with Gasteiger partial charge in [0.2, 0.25) is 5.91 Å². The van der Waals surface area contributed by atoms with Gasteiger partial charge < -0.3 is 15.2 Å². The third-order valence-corrected chi connectivity index (χ3v) is 4.69. The smallest absolute Gasteiger partial charge is 0.319 e. The zero-order chi connectivity index (χ0) is 14.1. The van der Waals surface area contributed by atoms with Crippen molar-refractivity contribution in [2.45, 2.75) is 63.6 Å². The van der Waals surface area contributed by atoms with Crippen molar-refractivity contribution in [3.63, 3.8) is 0 Å². The average Bonchev–Trinajstić information content (AvgIpc) is 2.99. The number of amides is 1. The standard InChI is InChI=1S/C14H23NO4/c1-13(12(17)18,11(16)15-2)9-10-5-8-14(19-10)6-3-4-7-14/h10H,3-9H2,1-2H3,(H,15,16)(H,17,18). The highest BCUT2D eigenvalue weighted by Gasteiger charge is 2.48. The Bertz CT molecular complexity index is 376. The summed E-state index contributed by atoms with van der Waals surface area (Å²) in [6, 6.07) is 0. The van der Waals surface area contributed by atoms with Gasteiger partial charge in [0.05, 0.1) is 11.7 Å². The van der Waals surface area contributed by atoms with Crippen LogP contribution in [0.2, 0.25) is 0 Å². The number of carbonyl (C=O) groups excluding carboxylic acids is 1. The van der Waals surface area contributed by atoms with Gasteiger partial charge in [0.25, 0.3) is 0 Å². The van der Waals surface area contributed by atoms with Crippen LogP contribution in [0.1, 0.15) is 51.9 Å². The predicted octanol–water partition coefficient (Wildman–Crippen LogP) is 1.71. The van der Waals surface area contributed by atoms with Crippen molar-refractivity contribution in [2.75, 3.05) is 7.05 Å². The minimum Gasteiger partial charge on any atom is -0.480 e. The Morgan fingerprint density at radius 1 is 1.37 bits per heavy atom. The molecule has 1 amide bonds. The van der Waals surface area contributed by atoms with Gasteiger partial charge in [-0.1, -0.05) is 12.8 Å². The lowest BCUT2D eigenvalue weighted by Gasteiger charge is -2.28. The number of aliphatic carboxylic acids is 1. The minimum absolute atomic E-state index is 0.0211. The molecule has 1 aliphatic carbocycles. The Morgan fingerprint density at radius 2 is 2.00 bits per heavy atom. The van der Waals surface area contributed by atoms with Crippen LogP contribution in [-0.2, 0) is 14.3 Å². The molecule has 1 aliphatic heterocycles. The maximum atomic E-state index is 11.8. The first-order valence-corrected chi connectivity index (χ1v) is 7.05. The van der Waals surface area contributed by atoms with Crippen molar-refractivity contribution < 1.29 is 19.4 Å². The van der Waals surface area contributed by atoms with Crippen molar-refractivity contribution in [1.82, 2.24) is 5.32 Å². The molecule has 19 heavy (non-hydrogen) atoms. The van der Waals surface area contributed by atoms with E-state index >= 15 is 0 Å². The summed E-state index contributed by atoms with van der Waals surface area (Å²) in [5.74, 6) is -1.53. The van der Waals surface area contributed by atoms with E-state index in [0.717, 1.165) is 25.7 Å². The second-order valence-electron chi connectivity index (χ2n) is 6.09. The highest BCUT2D eigenvalue weighted by molar-refractivity contribution is 6.01. The second-order valence-corrected chi connectivity index (χ2v) is 6.09. The van der Waals surface area contributed by atoms with Gasteiger partial charge >= 0.3 is 5.97 Å². The first kappa shape index (κ1) is 14.3. The average molecular weight is 269 g/mol. The van der Waals surface area contributed by atoms with Crippen molar-refractivity contribution in [2.24, 2.45) is 5.41 Å². The van der Waals surface area contributed by atoms with Crippen LogP contribution < -0.4 is 5.32 Å². The van der Waals surface area contributed by atoms with Gasteiger partial charge in [-0.15, -0.1) is 0 Å². The molecule has 108 valence electrons. The Hall–Kier alpha value is -1.10. The lowest BCUT2D eigenvalue weighted by molar-refractivity contribution is -0.158. The van der Waals surface area contributed by atoms with Crippen molar-refractivity contribution in [1.29, 1.82) is 0 Å². The number of hydrogen-bond acceptors (Lipinski definition) is 3. The lowest BCUT2D eigenvalue weighted by Crippen LogP contribution is -2.45. The largest absolute Gasteiger partial charge is 0.480 e. The van der Waals surface area contributed by atoms with Gasteiger partial charge in [0, 0.05) is 7.05 Å². The van der Waals surface area contributed by atoms with Gasteiger partial charge in [-0.05, 0) is 39.0 Å². The summed E-state index contributed by atoms with van der Waals surface area (Å²) in [6.07, 6.45) is 6.54. The van der Waals surface area contributed by atoms with Gasteiger partial charge in [0.1, 0.15) is 5.41 Å². The number of ether oxygens (including phenoxy) is 1. The van der Waals surface area contributed by atoms with Crippen LogP contribution in [0.15, 0.2) is 0 Å². The Kier molecular flexibility index (Phi) is 3.85. The van der Waals surface area contributed by atoms with Crippen LogP contribution in [0.25, 0.3) is 0 Å². The number of hydrogen-bond donors (Lipinski definition) is 2. The molecule has 2 aliphatic rings. The molecule has 2 unspecified atom stereocenters. The summed E-state index contributed by atoms with van der Waals surface area (Å²) in [6.45, 7) is 1.48. The molecule has 1 saturated heterocycles. The van der Waals surface area contributed by atoms with Crippen molar-refractivity contribution in [3.05, 3.63) is 0 Å². The van der Waals surface area contributed by atoms with Gasteiger partial charge in [0.15, 0.2) is 0 Å². The number of carbonyl (C=O) groups is 2. The topological polar surface area (TPSA) is 75.6 Å². The molecule has 2 atom stereocenters. The van der Waals surface area contributed by atoms with Crippen LogP contribution in [-0.4, -0.2) is 35.7 Å². The van der Waals surface area contributed by atoms with Crippen LogP contribution in [0.3, 0.4) is 0 Å². The fourth-order valence-corrected chi connectivity index (χ4v) is 3.43. The third kappa shape index (κ3) is 2.61. The van der Waals surface area contributed by atoms with Gasteiger partial charge in [-0.3, -0.25) is 9.59 Å². The summed E-state index contributed by atoms with van der Waals surface area (Å²) < 4.78 is 6.11. The normalized spacial score (nSPS) is 28.2. The third-order valence-electron chi connectivity index (χ3n) is 4.69. The number of nitrogens with one attached hydrogen (secondary N) is 1. The Balaban J connectivity index is 2.03. The summed E-state index contributed by atoms with van der Waals surface area (Å²) in [5, 5.41) is 11.8. The molecular formula is C14H23NO4. The zero-order valence-electron chi connectivity index (χ0n) is 11.7. The summed E-state index contributed by atoms with van der Waals surface area (Å²) in [7, 11) is 1.47. The van der Waals surface area contributed by atoms with E-state index in [-0.39, 0.29) is 18.1 Å². The van der Waals surface area contributed by atoms with Gasteiger partial charge in [-0.25, -0.2) is 0 Å². The lowest BCUT2D eigenvalue weighted by atomic mass is 9.82. The molecule has 0 bridgehead atoms. The fraction of sp³-hybridized carbons (Fsp3) is 0.857. The summed E-state index contributed by atoms with van der Waals surface area (Å²) in [4.78, 5) is 23.2. The molecule has 1 spiro atoms. The monoisotopic (exact) mass is 269 g/mol. The first-order valence-electron chi connectivity index (χ1n) is 7.05. The number of carboxylic acids is 1. The summed E-state index contributed by atoms with van der Waals surface area (Å²) >= 11 is 0. The van der Waals surface area contributed by atoms with Gasteiger partial charge in [-0.2, -0.15) is 0 Å². The quantitative estimate of drug-likeness (QED) is 0.762. The molecule has 0 aromatic heterocycles. The van der Waals surface area contributed by atoms with Crippen LogP contribution in [0, 0.1) is 5.41 Å². The maximum Gasteiger partial charge on any atom is 0.319 e. The SMILES string of the molecule is CNC(=O)C(C)(CC1CCC2(CCCC2)O1)C(=O)O. The summed E-state index contributed by atoms with van der Waals surface area (Å²) in [5.41, 5.74) is -1.42. The Labute approximate surface area is 113 Å². The fourth-order valence-electron chi connectivity index (χ4n) is 3.43. The molecule has 1 heterocycles. The molecule has 2 fully saturated rings. The van der Waals surface area contributed by atoms with E-state index in [0.29, 0.717) is 0 Å². The molecule has 0 aromatic carbocycles. The van der Waals surface area contributed by atoms with Crippen molar-refractivity contribution >= 4 is 11.9 Å². The number of carboxylic acid groups (broad SMARTS) is 1. The molecule has 5 heteroatoms. The van der Waals surface area contributed by atoms with Crippen LogP contribution in [0.4, 0.5) is 0 Å². The van der Waals surface area contributed by atoms with E-state index in [1.54, 1.807) is 0 Å². The van der Waals surface area contributed by atoms with Crippen LogP contribution in [0.5, 0.6) is 0 Å². The molecule has 1 saturated carbocycles. The molecule has 2 rings (SSSR count). The first-order chi connectivity index (χ1) is 8.92. The highest BCUT2D eigenvalue weighted by Crippen LogP contribution is 2.45. The van der Waals surface area contributed by atoms with Crippen LogP contribution >= 0.6 is 0 Å². The number of rotatable bonds is 4. The zero-order valence-corrected chi connectivity index (χ0v) is 11.7. The molecule has 0 aromatic rings. The maximum absolute atomic E-state index is 11.8. The minimum atomic E-state index is -1.40. The van der Waals surface area contributed by atoms with E-state index in [4.69, 9.17) is 4.74 Å².